The minimum absolute atomic E-state index is 0.0463. The molecule has 0 radical (unpaired) electrons. The van der Waals surface area contributed by atoms with Crippen molar-refractivity contribution in [2.24, 2.45) is 0 Å². The van der Waals surface area contributed by atoms with E-state index in [1.807, 2.05) is 26.8 Å². The Morgan fingerprint density at radius 1 is 1.13 bits per heavy atom. The second-order valence-corrected chi connectivity index (χ2v) is 10.5. The summed E-state index contributed by atoms with van der Waals surface area (Å²) in [5.74, 6) is -0.865. The van der Waals surface area contributed by atoms with E-state index in [4.69, 9.17) is 16.7 Å². The number of hydrogen-bond acceptors (Lipinski definition) is 4. The molecule has 6 nitrogen and oxygen atoms in total. The fourth-order valence-electron chi connectivity index (χ4n) is 3.36. The van der Waals surface area contributed by atoms with Crippen LogP contribution in [0.3, 0.4) is 0 Å². The topological polar surface area (TPSA) is 89.3 Å². The van der Waals surface area contributed by atoms with Crippen molar-refractivity contribution in [3.8, 4) is 0 Å². The molecule has 3 rings (SSSR count). The summed E-state index contributed by atoms with van der Waals surface area (Å²) >= 11 is 6.01. The van der Waals surface area contributed by atoms with E-state index in [9.17, 15) is 13.2 Å². The summed E-state index contributed by atoms with van der Waals surface area (Å²) in [5.41, 5.74) is 2.23. The Bertz CT molecular complexity index is 1190. The molecular formula is C22H25ClN2O4S. The summed E-state index contributed by atoms with van der Waals surface area (Å²) in [5, 5.41) is 9.14. The van der Waals surface area contributed by atoms with E-state index in [0.717, 1.165) is 5.56 Å². The van der Waals surface area contributed by atoms with Crippen LogP contribution in [0.25, 0.3) is 11.0 Å². The Labute approximate surface area is 181 Å². The first-order chi connectivity index (χ1) is 14.0. The van der Waals surface area contributed by atoms with Gasteiger partial charge in [-0.25, -0.2) is 17.4 Å². The van der Waals surface area contributed by atoms with Crippen molar-refractivity contribution in [2.45, 2.75) is 56.8 Å². The van der Waals surface area contributed by atoms with E-state index < -0.39 is 16.0 Å². The molecule has 0 saturated heterocycles. The van der Waals surface area contributed by atoms with Crippen molar-refractivity contribution in [3.63, 3.8) is 0 Å². The average Bonchev–Trinajstić information content (AvgIpc) is 3.02. The Kier molecular flexibility index (Phi) is 6.24. The summed E-state index contributed by atoms with van der Waals surface area (Å²) in [7, 11) is -3.88. The number of rotatable bonds is 7. The van der Waals surface area contributed by atoms with Crippen molar-refractivity contribution >= 4 is 38.6 Å². The van der Waals surface area contributed by atoms with Crippen LogP contribution in [0, 0.1) is 0 Å². The maximum absolute atomic E-state index is 13.6. The summed E-state index contributed by atoms with van der Waals surface area (Å²) < 4.78 is 28.6. The van der Waals surface area contributed by atoms with Gasteiger partial charge in [0.15, 0.2) is 0 Å². The number of aryl methyl sites for hydroxylation is 1. The van der Waals surface area contributed by atoms with Crippen LogP contribution in [0.5, 0.6) is 0 Å². The van der Waals surface area contributed by atoms with E-state index >= 15 is 0 Å². The monoisotopic (exact) mass is 448 g/mol. The minimum atomic E-state index is -3.88. The molecule has 2 aromatic heterocycles. The lowest BCUT2D eigenvalue weighted by molar-refractivity contribution is -0.137. The first kappa shape index (κ1) is 22.3. The molecule has 0 saturated carbocycles. The number of halogens is 1. The fraction of sp³-hybridized carbons (Fsp3) is 0.364. The van der Waals surface area contributed by atoms with Gasteiger partial charge in [-0.05, 0) is 60.6 Å². The van der Waals surface area contributed by atoms with E-state index in [-0.39, 0.29) is 21.9 Å². The summed E-state index contributed by atoms with van der Waals surface area (Å²) in [6.45, 7) is 6.09. The van der Waals surface area contributed by atoms with Crippen LogP contribution in [-0.2, 0) is 26.7 Å². The number of pyridine rings is 1. The standard InChI is InChI=1S/C22H25ClN2O4S/c1-22(2,3)15-7-6-9-17(13-15)30(28,29)25-16(8-4-5-10-21(26)27)14-18-19(25)11-12-20(23)24-18/h6-7,9,11-14H,4-5,8,10H2,1-3H3,(H,26,27). The number of hydrogen-bond donors (Lipinski definition) is 1. The third-order valence-corrected chi connectivity index (χ3v) is 6.94. The van der Waals surface area contributed by atoms with Crippen LogP contribution in [0.15, 0.2) is 47.4 Å². The summed E-state index contributed by atoms with van der Waals surface area (Å²) in [6.07, 6.45) is 1.47. The third kappa shape index (κ3) is 4.68. The molecule has 0 unspecified atom stereocenters. The number of aliphatic carboxylic acids is 1. The van der Waals surface area contributed by atoms with Gasteiger partial charge in [-0.2, -0.15) is 0 Å². The SMILES string of the molecule is CC(C)(C)c1cccc(S(=O)(=O)n2c(CCCCC(=O)O)cc3nc(Cl)ccc32)c1. The molecule has 0 aliphatic rings. The zero-order valence-corrected chi connectivity index (χ0v) is 18.8. The molecule has 0 aliphatic carbocycles. The van der Waals surface area contributed by atoms with E-state index in [1.165, 1.54) is 3.97 Å². The Morgan fingerprint density at radius 3 is 2.53 bits per heavy atom. The van der Waals surface area contributed by atoms with Gasteiger partial charge >= 0.3 is 5.97 Å². The molecule has 1 aromatic carbocycles. The van der Waals surface area contributed by atoms with Gasteiger partial charge in [-0.1, -0.05) is 44.5 Å². The van der Waals surface area contributed by atoms with Crippen LogP contribution in [0.1, 0.15) is 51.3 Å². The molecule has 0 spiro atoms. The highest BCUT2D eigenvalue weighted by Crippen LogP contribution is 2.30. The van der Waals surface area contributed by atoms with E-state index in [0.29, 0.717) is 36.0 Å². The summed E-state index contributed by atoms with van der Waals surface area (Å²) in [4.78, 5) is 15.3. The highest BCUT2D eigenvalue weighted by molar-refractivity contribution is 7.90. The zero-order chi connectivity index (χ0) is 22.1. The molecule has 0 aliphatic heterocycles. The fourth-order valence-corrected chi connectivity index (χ4v) is 5.12. The van der Waals surface area contributed by atoms with Gasteiger partial charge in [0.25, 0.3) is 10.0 Å². The predicted octanol–water partition coefficient (Wildman–Crippen LogP) is 5.02. The van der Waals surface area contributed by atoms with Crippen LogP contribution in [0.4, 0.5) is 0 Å². The molecular weight excluding hydrogens is 424 g/mol. The van der Waals surface area contributed by atoms with Gasteiger partial charge in [-0.15, -0.1) is 0 Å². The van der Waals surface area contributed by atoms with Crippen LogP contribution < -0.4 is 0 Å². The average molecular weight is 449 g/mol. The Morgan fingerprint density at radius 2 is 1.87 bits per heavy atom. The lowest BCUT2D eigenvalue weighted by Gasteiger charge is -2.20. The number of fused-ring (bicyclic) bond motifs is 1. The van der Waals surface area contributed by atoms with Crippen molar-refractivity contribution in [3.05, 3.63) is 58.9 Å². The Hall–Kier alpha value is -2.38. The number of aromatic nitrogens is 2. The van der Waals surface area contributed by atoms with Crippen molar-refractivity contribution in [2.75, 3.05) is 0 Å². The number of nitrogens with zero attached hydrogens (tertiary/aromatic N) is 2. The molecule has 30 heavy (non-hydrogen) atoms. The van der Waals surface area contributed by atoms with Gasteiger partial charge in [-0.3, -0.25) is 4.79 Å². The van der Waals surface area contributed by atoms with Gasteiger partial charge in [0, 0.05) is 12.1 Å². The maximum Gasteiger partial charge on any atom is 0.303 e. The molecule has 8 heteroatoms. The second-order valence-electron chi connectivity index (χ2n) is 8.32. The quantitative estimate of drug-likeness (QED) is 0.404. The largest absolute Gasteiger partial charge is 0.481 e. The molecule has 160 valence electrons. The van der Waals surface area contributed by atoms with Gasteiger partial charge in [0.1, 0.15) is 5.15 Å². The third-order valence-electron chi connectivity index (χ3n) is 4.96. The summed E-state index contributed by atoms with van der Waals surface area (Å²) in [6, 6.07) is 11.9. The highest BCUT2D eigenvalue weighted by Gasteiger charge is 2.25. The lowest BCUT2D eigenvalue weighted by atomic mass is 9.87. The van der Waals surface area contributed by atoms with Crippen LogP contribution in [-0.4, -0.2) is 28.5 Å². The van der Waals surface area contributed by atoms with Crippen LogP contribution >= 0.6 is 11.6 Å². The van der Waals surface area contributed by atoms with Gasteiger partial charge < -0.3 is 5.11 Å². The molecule has 1 N–H and O–H groups in total. The maximum atomic E-state index is 13.6. The van der Waals surface area contributed by atoms with E-state index in [2.05, 4.69) is 4.98 Å². The first-order valence-corrected chi connectivity index (χ1v) is 11.6. The van der Waals surface area contributed by atoms with Crippen molar-refractivity contribution in [1.82, 2.24) is 8.96 Å². The number of benzene rings is 1. The second kappa shape index (κ2) is 8.40. The predicted molar refractivity (Wildman–Crippen MR) is 118 cm³/mol. The zero-order valence-electron chi connectivity index (χ0n) is 17.2. The van der Waals surface area contributed by atoms with Crippen LogP contribution in [0.2, 0.25) is 5.15 Å². The van der Waals surface area contributed by atoms with E-state index in [1.54, 1.807) is 36.4 Å². The molecule has 0 bridgehead atoms. The smallest absolute Gasteiger partial charge is 0.303 e. The number of carboxylic acid groups (broad SMARTS) is 1. The number of carbonyl (C=O) groups is 1. The van der Waals surface area contributed by atoms with Crippen molar-refractivity contribution < 1.29 is 18.3 Å². The normalized spacial score (nSPS) is 12.4. The lowest BCUT2D eigenvalue weighted by Crippen LogP contribution is -2.18. The molecule has 3 aromatic rings. The molecule has 2 heterocycles. The number of unbranched alkanes of at least 4 members (excludes halogenated alkanes) is 1. The first-order valence-electron chi connectivity index (χ1n) is 9.75. The van der Waals surface area contributed by atoms with Crippen molar-refractivity contribution in [1.29, 1.82) is 0 Å². The minimum Gasteiger partial charge on any atom is -0.481 e. The Balaban J connectivity index is 2.10. The van der Waals surface area contributed by atoms with Gasteiger partial charge in [0.05, 0.1) is 15.9 Å². The highest BCUT2D eigenvalue weighted by atomic mass is 35.5. The number of carboxylic acids is 1. The van der Waals surface area contributed by atoms with Gasteiger partial charge in [0.2, 0.25) is 0 Å². The molecule has 0 atom stereocenters. The molecule has 0 amide bonds. The molecule has 0 fully saturated rings.